The van der Waals surface area contributed by atoms with E-state index in [1.807, 2.05) is 31.2 Å². The first-order valence-corrected chi connectivity index (χ1v) is 12.4. The van der Waals surface area contributed by atoms with Crippen LogP contribution in [0, 0.1) is 0 Å². The van der Waals surface area contributed by atoms with Gasteiger partial charge in [-0.25, -0.2) is 9.89 Å². The van der Waals surface area contributed by atoms with Crippen molar-refractivity contribution in [3.05, 3.63) is 59.1 Å². The van der Waals surface area contributed by atoms with Gasteiger partial charge in [-0.15, -0.1) is 0 Å². The molecule has 4 rings (SSSR count). The third-order valence-electron chi connectivity index (χ3n) is 5.22. The molecule has 2 aliphatic heterocycles. The summed E-state index contributed by atoms with van der Waals surface area (Å²) in [7, 11) is 0. The number of carbonyl (C=O) groups excluding carboxylic acids is 3. The number of anilines is 1. The summed E-state index contributed by atoms with van der Waals surface area (Å²) >= 11 is 7.11. The van der Waals surface area contributed by atoms with Crippen molar-refractivity contribution in [1.82, 2.24) is 10.2 Å². The molecular formula is C24H24ClN5O3S. The van der Waals surface area contributed by atoms with Gasteiger partial charge in [-0.2, -0.15) is 0 Å². The number of rotatable bonds is 8. The first-order valence-electron chi connectivity index (χ1n) is 11.0. The minimum Gasteiger partial charge on any atom is -0.356 e. The lowest BCUT2D eigenvalue weighted by Gasteiger charge is -2.25. The number of carbonyl (C=O) groups is 3. The monoisotopic (exact) mass is 497 g/mol. The van der Waals surface area contributed by atoms with Gasteiger partial charge in [0, 0.05) is 22.8 Å². The molecule has 1 atom stereocenters. The average Bonchev–Trinajstić information content (AvgIpc) is 3.14. The largest absolute Gasteiger partial charge is 0.356 e. The van der Waals surface area contributed by atoms with Crippen LogP contribution in [-0.2, 0) is 14.4 Å². The molecule has 10 heteroatoms. The summed E-state index contributed by atoms with van der Waals surface area (Å²) in [5.74, 6) is -0.300. The standard InChI is InChI=1S/C24H24ClN5O3S/c1-2-3-11-26-20(31)13-19-23(33)30-22(28-19)17-9-4-5-10-18(17)29-24(30)34-14-21(32)27-16-8-6-7-15(25)12-16/h4-10,12,19H,2-3,11,13-14H2,1H3,(H,26,31)(H,27,32)/t19-/m1/s1. The van der Waals surface area contributed by atoms with Crippen LogP contribution in [0.1, 0.15) is 31.7 Å². The maximum Gasteiger partial charge on any atom is 0.259 e. The normalized spacial score (nSPS) is 16.4. The quantitative estimate of drug-likeness (QED) is 0.538. The van der Waals surface area contributed by atoms with Crippen LogP contribution < -0.4 is 10.6 Å². The molecule has 0 fully saturated rings. The van der Waals surface area contributed by atoms with Crippen LogP contribution in [0.2, 0.25) is 5.02 Å². The first-order chi connectivity index (χ1) is 16.5. The van der Waals surface area contributed by atoms with E-state index in [1.165, 1.54) is 4.90 Å². The predicted molar refractivity (Wildman–Crippen MR) is 136 cm³/mol. The van der Waals surface area contributed by atoms with Crippen LogP contribution in [0.3, 0.4) is 0 Å². The fourth-order valence-electron chi connectivity index (χ4n) is 3.58. The van der Waals surface area contributed by atoms with Crippen LogP contribution >= 0.6 is 23.4 Å². The van der Waals surface area contributed by atoms with Gasteiger partial charge in [0.2, 0.25) is 11.8 Å². The molecule has 0 saturated heterocycles. The zero-order valence-corrected chi connectivity index (χ0v) is 20.2. The zero-order valence-electron chi connectivity index (χ0n) is 18.6. The molecule has 2 aromatic rings. The Bertz CT molecular complexity index is 1180. The molecule has 0 unspecified atom stereocenters. The van der Waals surface area contributed by atoms with Crippen molar-refractivity contribution in [3.63, 3.8) is 0 Å². The molecule has 0 radical (unpaired) electrons. The molecule has 8 nitrogen and oxygen atoms in total. The van der Waals surface area contributed by atoms with Crippen molar-refractivity contribution in [1.29, 1.82) is 0 Å². The van der Waals surface area contributed by atoms with E-state index in [1.54, 1.807) is 24.3 Å². The van der Waals surface area contributed by atoms with Crippen molar-refractivity contribution >= 4 is 63.5 Å². The van der Waals surface area contributed by atoms with E-state index < -0.39 is 6.04 Å². The Morgan fingerprint density at radius 1 is 1.15 bits per heavy atom. The van der Waals surface area contributed by atoms with Crippen LogP contribution in [0.5, 0.6) is 0 Å². The Labute approximate surface area is 206 Å². The van der Waals surface area contributed by atoms with E-state index in [4.69, 9.17) is 11.6 Å². The molecule has 176 valence electrons. The highest BCUT2D eigenvalue weighted by atomic mass is 35.5. The molecule has 2 heterocycles. The van der Waals surface area contributed by atoms with E-state index >= 15 is 0 Å². The summed E-state index contributed by atoms with van der Waals surface area (Å²) in [4.78, 5) is 48.6. The van der Waals surface area contributed by atoms with Crippen molar-refractivity contribution in [2.75, 3.05) is 17.6 Å². The fourth-order valence-corrected chi connectivity index (χ4v) is 4.57. The third-order valence-corrected chi connectivity index (χ3v) is 6.39. The number of amidine groups is 2. The Morgan fingerprint density at radius 2 is 1.97 bits per heavy atom. The zero-order chi connectivity index (χ0) is 24.1. The van der Waals surface area contributed by atoms with Crippen LogP contribution in [0.15, 0.2) is 58.5 Å². The van der Waals surface area contributed by atoms with E-state index in [9.17, 15) is 14.4 Å². The van der Waals surface area contributed by atoms with Gasteiger partial charge in [-0.05, 0) is 36.8 Å². The Morgan fingerprint density at radius 3 is 2.76 bits per heavy atom. The number of para-hydroxylation sites is 1. The van der Waals surface area contributed by atoms with Crippen molar-refractivity contribution in [3.8, 4) is 0 Å². The third kappa shape index (κ3) is 5.48. The Hall–Kier alpha value is -3.17. The summed E-state index contributed by atoms with van der Waals surface area (Å²) in [6, 6.07) is 13.4. The fraction of sp³-hybridized carbons (Fsp3) is 0.292. The highest BCUT2D eigenvalue weighted by Gasteiger charge is 2.42. The molecule has 0 spiro atoms. The maximum absolute atomic E-state index is 13.2. The second-order valence-corrected chi connectivity index (χ2v) is 9.19. The van der Waals surface area contributed by atoms with Gasteiger partial charge in [-0.1, -0.05) is 54.9 Å². The Balaban J connectivity index is 1.49. The molecule has 0 bridgehead atoms. The molecular weight excluding hydrogens is 474 g/mol. The number of aliphatic imine (C=N–C) groups is 2. The van der Waals surface area contributed by atoms with Gasteiger partial charge in [0.25, 0.3) is 5.91 Å². The van der Waals surface area contributed by atoms with Gasteiger partial charge in [-0.3, -0.25) is 19.4 Å². The van der Waals surface area contributed by atoms with E-state index in [2.05, 4.69) is 20.6 Å². The highest BCUT2D eigenvalue weighted by molar-refractivity contribution is 8.14. The molecule has 3 amide bonds. The number of thioether (sulfide) groups is 1. The Kier molecular flexibility index (Phi) is 7.64. The van der Waals surface area contributed by atoms with Gasteiger partial charge in [0.05, 0.1) is 17.9 Å². The number of unbranched alkanes of at least 4 members (excludes halogenated alkanes) is 1. The van der Waals surface area contributed by atoms with E-state index in [0.717, 1.165) is 30.2 Å². The van der Waals surface area contributed by atoms with Crippen LogP contribution in [-0.4, -0.2) is 52.0 Å². The van der Waals surface area contributed by atoms with E-state index in [-0.39, 0.29) is 29.9 Å². The minimum atomic E-state index is -0.825. The highest BCUT2D eigenvalue weighted by Crippen LogP contribution is 2.34. The van der Waals surface area contributed by atoms with Crippen LogP contribution in [0.4, 0.5) is 11.4 Å². The first kappa shape index (κ1) is 24.0. The van der Waals surface area contributed by atoms with Gasteiger partial charge >= 0.3 is 0 Å². The number of hydrogen-bond acceptors (Lipinski definition) is 6. The van der Waals surface area contributed by atoms with Gasteiger partial charge in [0.1, 0.15) is 11.9 Å². The molecule has 0 aliphatic carbocycles. The summed E-state index contributed by atoms with van der Waals surface area (Å²) in [6.07, 6.45) is 1.82. The summed E-state index contributed by atoms with van der Waals surface area (Å²) in [5, 5.41) is 6.50. The number of hydrogen-bond donors (Lipinski definition) is 2. The number of fused-ring (bicyclic) bond motifs is 3. The molecule has 2 aliphatic rings. The lowest BCUT2D eigenvalue weighted by atomic mass is 10.1. The SMILES string of the molecule is CCCCNC(=O)C[C@H]1N=C2c3ccccc3N=C(SCC(=O)Nc3cccc(Cl)c3)N2C1=O. The summed E-state index contributed by atoms with van der Waals surface area (Å²) in [5.41, 5.74) is 1.97. The molecule has 0 aromatic heterocycles. The lowest BCUT2D eigenvalue weighted by molar-refractivity contribution is -0.128. The summed E-state index contributed by atoms with van der Waals surface area (Å²) < 4.78 is 0. The smallest absolute Gasteiger partial charge is 0.259 e. The molecule has 0 saturated carbocycles. The second kappa shape index (κ2) is 10.8. The van der Waals surface area contributed by atoms with Gasteiger partial charge in [0.15, 0.2) is 5.17 Å². The van der Waals surface area contributed by atoms with Crippen molar-refractivity contribution < 1.29 is 14.4 Å². The molecule has 2 aromatic carbocycles. The minimum absolute atomic E-state index is 0.0298. The average molecular weight is 498 g/mol. The molecule has 34 heavy (non-hydrogen) atoms. The lowest BCUT2D eigenvalue weighted by Crippen LogP contribution is -2.42. The van der Waals surface area contributed by atoms with Crippen LogP contribution in [0.25, 0.3) is 0 Å². The van der Waals surface area contributed by atoms with E-state index in [0.29, 0.717) is 33.9 Å². The maximum atomic E-state index is 13.2. The number of amides is 3. The number of halogens is 1. The number of benzene rings is 2. The van der Waals surface area contributed by atoms with Gasteiger partial charge < -0.3 is 10.6 Å². The summed E-state index contributed by atoms with van der Waals surface area (Å²) in [6.45, 7) is 2.62. The van der Waals surface area contributed by atoms with Crippen molar-refractivity contribution in [2.24, 2.45) is 9.98 Å². The topological polar surface area (TPSA) is 103 Å². The molecule has 2 N–H and O–H groups in total. The predicted octanol–water partition coefficient (Wildman–Crippen LogP) is 3.98. The second-order valence-electron chi connectivity index (χ2n) is 7.81. The number of nitrogens with zero attached hydrogens (tertiary/aromatic N) is 3. The van der Waals surface area contributed by atoms with Crippen molar-refractivity contribution in [2.45, 2.75) is 32.2 Å². The number of nitrogens with one attached hydrogen (secondary N) is 2.